The van der Waals surface area contributed by atoms with Crippen LogP contribution in [0, 0.1) is 0 Å². The lowest BCUT2D eigenvalue weighted by atomic mass is 9.92. The summed E-state index contributed by atoms with van der Waals surface area (Å²) in [5.74, 6) is 1.15. The zero-order valence-corrected chi connectivity index (χ0v) is 20.9. The molecule has 3 heterocycles. The number of halogens is 1. The van der Waals surface area contributed by atoms with Crippen LogP contribution in [-0.2, 0) is 7.05 Å². The normalized spacial score (nSPS) is 18.0. The maximum Gasteiger partial charge on any atom is 0.125 e. The van der Waals surface area contributed by atoms with E-state index in [0.29, 0.717) is 0 Å². The molecule has 0 saturated carbocycles. The molecule has 2 aliphatic heterocycles. The number of rotatable bonds is 3. The molecule has 2 aliphatic rings. The maximum atomic E-state index is 5.47. The number of para-hydroxylation sites is 1. The van der Waals surface area contributed by atoms with Crippen molar-refractivity contribution in [3.05, 3.63) is 126 Å². The quantitative estimate of drug-likeness (QED) is 0.275. The van der Waals surface area contributed by atoms with E-state index in [1.54, 1.807) is 0 Å². The molecule has 0 N–H and O–H groups in total. The van der Waals surface area contributed by atoms with E-state index >= 15 is 0 Å². The smallest absolute Gasteiger partial charge is 0.125 e. The van der Waals surface area contributed by atoms with E-state index in [4.69, 9.17) is 4.99 Å². The number of allylic oxidation sites excluding steroid dienone is 3. The van der Waals surface area contributed by atoms with Crippen LogP contribution in [0.1, 0.15) is 18.4 Å². The Kier molecular flexibility index (Phi) is 5.84. The van der Waals surface area contributed by atoms with E-state index in [1.807, 2.05) is 0 Å². The Balaban J connectivity index is 0.00000241. The third kappa shape index (κ3) is 3.46. The minimum absolute atomic E-state index is 0. The zero-order valence-electron chi connectivity index (χ0n) is 19.2. The number of aromatic nitrogens is 1. The molecule has 4 aromatic rings. The summed E-state index contributed by atoms with van der Waals surface area (Å²) < 4.78 is 2.27. The monoisotopic (exact) mass is 507 g/mol. The van der Waals surface area contributed by atoms with Gasteiger partial charge in [-0.15, -0.1) is 17.0 Å². The first kappa shape index (κ1) is 22.2. The van der Waals surface area contributed by atoms with E-state index in [-0.39, 0.29) is 22.9 Å². The second-order valence-corrected chi connectivity index (χ2v) is 8.59. The van der Waals surface area contributed by atoms with Gasteiger partial charge in [0.1, 0.15) is 5.84 Å². The van der Waals surface area contributed by atoms with Crippen molar-refractivity contribution in [1.82, 2.24) is 9.47 Å². The highest BCUT2D eigenvalue weighted by Crippen LogP contribution is 2.44. The number of benzene rings is 3. The lowest BCUT2D eigenvalue weighted by Gasteiger charge is -2.22. The van der Waals surface area contributed by atoms with Gasteiger partial charge >= 0.3 is 0 Å². The lowest BCUT2D eigenvalue weighted by Crippen LogP contribution is -2.23. The van der Waals surface area contributed by atoms with Gasteiger partial charge in [-0.3, -0.25) is 0 Å². The van der Waals surface area contributed by atoms with Crippen molar-refractivity contribution in [2.24, 2.45) is 12.0 Å². The number of hydrogen-bond acceptors (Lipinski definition) is 1. The van der Waals surface area contributed by atoms with Crippen LogP contribution in [-0.4, -0.2) is 15.3 Å². The molecule has 3 nitrogen and oxygen atoms in total. The van der Waals surface area contributed by atoms with Gasteiger partial charge in [-0.2, -0.15) is 0 Å². The number of aryl methyl sites for hydroxylation is 1. The van der Waals surface area contributed by atoms with Crippen molar-refractivity contribution in [3.8, 4) is 11.3 Å². The minimum atomic E-state index is 0. The first-order valence-electron chi connectivity index (χ1n) is 11.4. The molecular formula is C30H26BrN3. The van der Waals surface area contributed by atoms with E-state index < -0.39 is 0 Å². The molecule has 3 aromatic carbocycles. The van der Waals surface area contributed by atoms with Gasteiger partial charge in [0.15, 0.2) is 0 Å². The molecule has 0 radical (unpaired) electrons. The van der Waals surface area contributed by atoms with Crippen molar-refractivity contribution in [1.29, 1.82) is 0 Å². The molecule has 168 valence electrons. The summed E-state index contributed by atoms with van der Waals surface area (Å²) in [5, 5.41) is 1.17. The highest BCUT2D eigenvalue weighted by Gasteiger charge is 2.35. The summed E-state index contributed by atoms with van der Waals surface area (Å²) in [5.41, 5.74) is 8.31. The van der Waals surface area contributed by atoms with Crippen molar-refractivity contribution >= 4 is 39.4 Å². The average molecular weight is 508 g/mol. The lowest BCUT2D eigenvalue weighted by molar-refractivity contribution is 0.715. The highest BCUT2D eigenvalue weighted by atomic mass is 79.9. The molecule has 1 unspecified atom stereocenters. The van der Waals surface area contributed by atoms with Crippen molar-refractivity contribution in [2.75, 3.05) is 0 Å². The first-order valence-corrected chi connectivity index (χ1v) is 11.4. The SMILES string of the molecule is Br.CC1=C2C=CC=CN2C(=Nc2c(-c3ccccc3)n(C)c3ccccc23)C1c1ccccc1. The number of hydrogen-bond donors (Lipinski definition) is 0. The van der Waals surface area contributed by atoms with Crippen LogP contribution >= 0.6 is 17.0 Å². The van der Waals surface area contributed by atoms with Crippen LogP contribution in [0.4, 0.5) is 5.69 Å². The minimum Gasteiger partial charge on any atom is -0.342 e. The van der Waals surface area contributed by atoms with Crippen LogP contribution in [0.3, 0.4) is 0 Å². The van der Waals surface area contributed by atoms with Gasteiger partial charge in [0, 0.05) is 29.9 Å². The second kappa shape index (κ2) is 8.96. The molecule has 34 heavy (non-hydrogen) atoms. The fourth-order valence-corrected chi connectivity index (χ4v) is 5.14. The van der Waals surface area contributed by atoms with Crippen LogP contribution in [0.25, 0.3) is 22.2 Å². The Morgan fingerprint density at radius 1 is 0.794 bits per heavy atom. The fourth-order valence-electron chi connectivity index (χ4n) is 5.14. The van der Waals surface area contributed by atoms with Crippen LogP contribution in [0.15, 0.2) is 126 Å². The second-order valence-electron chi connectivity index (χ2n) is 8.59. The summed E-state index contributed by atoms with van der Waals surface area (Å²) in [6.45, 7) is 2.23. The topological polar surface area (TPSA) is 20.5 Å². The van der Waals surface area contributed by atoms with Gasteiger partial charge in [-0.05, 0) is 36.3 Å². The first-order chi connectivity index (χ1) is 16.2. The van der Waals surface area contributed by atoms with Crippen LogP contribution < -0.4 is 0 Å². The van der Waals surface area contributed by atoms with E-state index in [2.05, 4.69) is 133 Å². The summed E-state index contributed by atoms with van der Waals surface area (Å²) in [4.78, 5) is 7.72. The Hall–Kier alpha value is -3.63. The van der Waals surface area contributed by atoms with Gasteiger partial charge in [0.2, 0.25) is 0 Å². The number of amidine groups is 1. The molecular weight excluding hydrogens is 482 g/mol. The van der Waals surface area contributed by atoms with Gasteiger partial charge in [0.25, 0.3) is 0 Å². The van der Waals surface area contributed by atoms with Crippen LogP contribution in [0.5, 0.6) is 0 Å². The largest absolute Gasteiger partial charge is 0.342 e. The molecule has 0 aliphatic carbocycles. The van der Waals surface area contributed by atoms with Crippen molar-refractivity contribution < 1.29 is 0 Å². The predicted octanol–water partition coefficient (Wildman–Crippen LogP) is 7.91. The Morgan fingerprint density at radius 2 is 1.47 bits per heavy atom. The molecule has 1 atom stereocenters. The molecule has 4 heteroatoms. The molecule has 6 rings (SSSR count). The predicted molar refractivity (Wildman–Crippen MR) is 148 cm³/mol. The molecule has 0 bridgehead atoms. The zero-order chi connectivity index (χ0) is 22.4. The molecule has 0 spiro atoms. The Bertz CT molecular complexity index is 1470. The van der Waals surface area contributed by atoms with Gasteiger partial charge in [0.05, 0.1) is 22.8 Å². The number of nitrogens with zero attached hydrogens (tertiary/aromatic N) is 3. The summed E-state index contributed by atoms with van der Waals surface area (Å²) in [7, 11) is 2.14. The average Bonchev–Trinajstić information content (AvgIpc) is 3.32. The fraction of sp³-hybridized carbons (Fsp3) is 0.100. The van der Waals surface area contributed by atoms with Gasteiger partial charge in [-0.25, -0.2) is 4.99 Å². The number of aliphatic imine (C=N–C) groups is 1. The standard InChI is InChI=1S/C30H25N3.BrH/c1-21-25-18-11-12-20-33(25)30(27(21)22-13-5-3-6-14-22)31-28-24-17-9-10-19-26(24)32(2)29(28)23-15-7-4-8-16-23;/h3-20,27H,1-2H3;1H. The van der Waals surface area contributed by atoms with Crippen molar-refractivity contribution in [3.63, 3.8) is 0 Å². The molecule has 0 amide bonds. The molecule has 0 fully saturated rings. The van der Waals surface area contributed by atoms with E-state index in [9.17, 15) is 0 Å². The van der Waals surface area contributed by atoms with Crippen molar-refractivity contribution in [2.45, 2.75) is 12.8 Å². The summed E-state index contributed by atoms with van der Waals surface area (Å²) in [6, 6.07) is 29.8. The molecule has 1 aromatic heterocycles. The summed E-state index contributed by atoms with van der Waals surface area (Å²) in [6.07, 6.45) is 8.51. The summed E-state index contributed by atoms with van der Waals surface area (Å²) >= 11 is 0. The highest BCUT2D eigenvalue weighted by molar-refractivity contribution is 8.93. The van der Waals surface area contributed by atoms with E-state index in [1.165, 1.54) is 33.3 Å². The molecule has 0 saturated heterocycles. The third-order valence-corrected chi connectivity index (χ3v) is 6.69. The van der Waals surface area contributed by atoms with E-state index in [0.717, 1.165) is 17.2 Å². The van der Waals surface area contributed by atoms with Crippen LogP contribution in [0.2, 0.25) is 0 Å². The third-order valence-electron chi connectivity index (χ3n) is 6.69. The Labute approximate surface area is 210 Å². The Morgan fingerprint density at radius 3 is 2.24 bits per heavy atom. The number of fused-ring (bicyclic) bond motifs is 2. The van der Waals surface area contributed by atoms with Gasteiger partial charge < -0.3 is 9.47 Å². The van der Waals surface area contributed by atoms with Gasteiger partial charge in [-0.1, -0.05) is 84.9 Å². The maximum absolute atomic E-state index is 5.47.